The Morgan fingerprint density at radius 2 is 1.97 bits per heavy atom. The van der Waals surface area contributed by atoms with Gasteiger partial charge in [-0.1, -0.05) is 25.3 Å². The van der Waals surface area contributed by atoms with Crippen LogP contribution < -0.4 is 5.32 Å². The van der Waals surface area contributed by atoms with Crippen LogP contribution in [0.25, 0.3) is 55.2 Å². The highest BCUT2D eigenvalue weighted by Crippen LogP contribution is 2.35. The molecule has 0 saturated heterocycles. The molecule has 1 aliphatic rings. The van der Waals surface area contributed by atoms with Crippen molar-refractivity contribution >= 4 is 45.0 Å². The molecule has 1 saturated carbocycles. The zero-order chi connectivity index (χ0) is 26.3. The lowest BCUT2D eigenvalue weighted by Crippen LogP contribution is -2.24. The van der Waals surface area contributed by atoms with E-state index in [0.717, 1.165) is 41.6 Å². The van der Waals surface area contributed by atoms with Crippen LogP contribution in [0.3, 0.4) is 0 Å². The molecule has 5 aromatic heterocycles. The van der Waals surface area contributed by atoms with Crippen molar-refractivity contribution in [3.05, 3.63) is 66.2 Å². The summed E-state index contributed by atoms with van der Waals surface area (Å²) in [5.41, 5.74) is 5.03. The van der Waals surface area contributed by atoms with E-state index in [0.29, 0.717) is 39.4 Å². The average Bonchev–Trinajstić information content (AvgIpc) is 3.73. The Labute approximate surface area is 226 Å². The number of H-pyrrole nitrogens is 2. The largest absolute Gasteiger partial charge is 0.324 e. The van der Waals surface area contributed by atoms with Crippen LogP contribution in [0.2, 0.25) is 0 Å². The molecule has 8 nitrogen and oxygen atoms in total. The lowest BCUT2D eigenvalue weighted by molar-refractivity contribution is -0.120. The topological polar surface area (TPSA) is 112 Å². The number of fused-ring (bicyclic) bond motifs is 2. The standard InChI is InChI=1S/C29H24FN7OS/c30-22-13-17(18-11-19(15-31-14-18)33-29(38)16-5-2-1-3-6-16)12-21-24(22)36-37-26(21)28-34-25-20(23-7-4-10-39-23)8-9-32-27(25)35-28/h4,7-16H,1-3,5-6H2,(H,33,38)(H,36,37)(H,32,34,35). The molecular weight excluding hydrogens is 513 g/mol. The molecule has 3 N–H and O–H groups in total. The van der Waals surface area contributed by atoms with Crippen molar-refractivity contribution in [2.24, 2.45) is 5.92 Å². The summed E-state index contributed by atoms with van der Waals surface area (Å²) in [4.78, 5) is 30.7. The molecule has 6 aromatic rings. The summed E-state index contributed by atoms with van der Waals surface area (Å²) in [6.07, 6.45) is 10.2. The van der Waals surface area contributed by atoms with Gasteiger partial charge in [0.05, 0.1) is 11.9 Å². The number of carbonyl (C=O) groups excluding carboxylic acids is 1. The van der Waals surface area contributed by atoms with Crippen LogP contribution in [-0.2, 0) is 4.79 Å². The number of aromatic amines is 2. The zero-order valence-corrected chi connectivity index (χ0v) is 21.7. The molecular formula is C29H24FN7OS. The van der Waals surface area contributed by atoms with E-state index < -0.39 is 5.82 Å². The third-order valence-corrected chi connectivity index (χ3v) is 8.24. The number of hydrogen-bond donors (Lipinski definition) is 3. The van der Waals surface area contributed by atoms with Gasteiger partial charge in [0.1, 0.15) is 22.5 Å². The highest BCUT2D eigenvalue weighted by atomic mass is 32.1. The number of thiophene rings is 1. The zero-order valence-electron chi connectivity index (χ0n) is 20.9. The van der Waals surface area contributed by atoms with E-state index in [1.165, 1.54) is 12.5 Å². The van der Waals surface area contributed by atoms with Crippen molar-refractivity contribution in [3.63, 3.8) is 0 Å². The summed E-state index contributed by atoms with van der Waals surface area (Å²) in [6, 6.07) is 11.1. The van der Waals surface area contributed by atoms with Crippen molar-refractivity contribution in [3.8, 4) is 33.1 Å². The summed E-state index contributed by atoms with van der Waals surface area (Å²) in [6.45, 7) is 0. The Kier molecular flexibility index (Phi) is 5.89. The molecule has 5 heterocycles. The minimum absolute atomic E-state index is 0.0211. The predicted octanol–water partition coefficient (Wildman–Crippen LogP) is 6.95. The number of amides is 1. The minimum Gasteiger partial charge on any atom is -0.324 e. The fourth-order valence-corrected chi connectivity index (χ4v) is 6.11. The second-order valence-electron chi connectivity index (χ2n) is 9.86. The molecule has 39 heavy (non-hydrogen) atoms. The van der Waals surface area contributed by atoms with Gasteiger partial charge in [0, 0.05) is 39.7 Å². The second kappa shape index (κ2) is 9.70. The first-order valence-electron chi connectivity index (χ1n) is 13.0. The monoisotopic (exact) mass is 537 g/mol. The predicted molar refractivity (Wildman–Crippen MR) is 151 cm³/mol. The van der Waals surface area contributed by atoms with Crippen molar-refractivity contribution < 1.29 is 9.18 Å². The quantitative estimate of drug-likeness (QED) is 0.220. The van der Waals surface area contributed by atoms with E-state index in [1.54, 1.807) is 29.9 Å². The third-order valence-electron chi connectivity index (χ3n) is 7.34. The van der Waals surface area contributed by atoms with E-state index in [2.05, 4.69) is 30.5 Å². The fraction of sp³-hybridized carbons (Fsp3) is 0.207. The average molecular weight is 538 g/mol. The summed E-state index contributed by atoms with van der Waals surface area (Å²) in [5.74, 6) is 0.110. The Morgan fingerprint density at radius 3 is 2.82 bits per heavy atom. The number of halogens is 1. The van der Waals surface area contributed by atoms with Crippen LogP contribution in [-0.4, -0.2) is 36.0 Å². The lowest BCUT2D eigenvalue weighted by Gasteiger charge is -2.20. The first kappa shape index (κ1) is 23.7. The summed E-state index contributed by atoms with van der Waals surface area (Å²) in [5, 5.41) is 12.8. The van der Waals surface area contributed by atoms with Crippen molar-refractivity contribution in [2.45, 2.75) is 32.1 Å². The molecule has 1 aliphatic carbocycles. The van der Waals surface area contributed by atoms with Gasteiger partial charge in [-0.15, -0.1) is 11.3 Å². The molecule has 1 aromatic carbocycles. The van der Waals surface area contributed by atoms with Gasteiger partial charge in [-0.2, -0.15) is 5.10 Å². The Hall–Kier alpha value is -4.44. The Bertz CT molecular complexity index is 1820. The highest BCUT2D eigenvalue weighted by molar-refractivity contribution is 7.13. The van der Waals surface area contributed by atoms with Crippen LogP contribution in [0, 0.1) is 11.7 Å². The van der Waals surface area contributed by atoms with Gasteiger partial charge in [-0.05, 0) is 54.1 Å². The van der Waals surface area contributed by atoms with Crippen LogP contribution in [0.4, 0.5) is 10.1 Å². The van der Waals surface area contributed by atoms with E-state index in [9.17, 15) is 4.79 Å². The number of imidazole rings is 1. The van der Waals surface area contributed by atoms with E-state index in [1.807, 2.05) is 35.7 Å². The maximum absolute atomic E-state index is 15.3. The van der Waals surface area contributed by atoms with Gasteiger partial charge >= 0.3 is 0 Å². The number of pyridine rings is 2. The molecule has 0 bridgehead atoms. The second-order valence-corrected chi connectivity index (χ2v) is 10.8. The number of rotatable bonds is 5. The van der Waals surface area contributed by atoms with E-state index >= 15 is 4.39 Å². The van der Waals surface area contributed by atoms with Crippen LogP contribution in [0.5, 0.6) is 0 Å². The maximum atomic E-state index is 15.3. The molecule has 1 amide bonds. The van der Waals surface area contributed by atoms with Gasteiger partial charge in [0.15, 0.2) is 11.5 Å². The minimum atomic E-state index is -0.439. The Balaban J connectivity index is 1.25. The molecule has 0 radical (unpaired) electrons. The van der Waals surface area contributed by atoms with Crippen LogP contribution in [0.1, 0.15) is 32.1 Å². The number of nitrogens with one attached hydrogen (secondary N) is 3. The van der Waals surface area contributed by atoms with Crippen LogP contribution >= 0.6 is 11.3 Å². The first-order chi connectivity index (χ1) is 19.1. The number of anilines is 1. The highest BCUT2D eigenvalue weighted by Gasteiger charge is 2.22. The van der Waals surface area contributed by atoms with E-state index in [4.69, 9.17) is 4.98 Å². The summed E-state index contributed by atoms with van der Waals surface area (Å²) < 4.78 is 15.3. The molecule has 0 unspecified atom stereocenters. The molecule has 0 aliphatic heterocycles. The number of benzene rings is 1. The molecule has 7 rings (SSSR count). The number of carbonyl (C=O) groups is 1. The van der Waals surface area contributed by atoms with E-state index in [-0.39, 0.29) is 17.3 Å². The van der Waals surface area contributed by atoms with Gasteiger partial charge in [-0.3, -0.25) is 14.9 Å². The summed E-state index contributed by atoms with van der Waals surface area (Å²) >= 11 is 1.63. The number of hydrogen-bond acceptors (Lipinski definition) is 6. The van der Waals surface area contributed by atoms with Crippen molar-refractivity contribution in [2.75, 3.05) is 5.32 Å². The molecule has 1 fully saturated rings. The smallest absolute Gasteiger partial charge is 0.227 e. The van der Waals surface area contributed by atoms with Gasteiger partial charge in [0.25, 0.3) is 0 Å². The molecule has 194 valence electrons. The summed E-state index contributed by atoms with van der Waals surface area (Å²) in [7, 11) is 0. The van der Waals surface area contributed by atoms with Crippen LogP contribution in [0.15, 0.2) is 60.4 Å². The first-order valence-corrected chi connectivity index (χ1v) is 13.8. The number of aromatic nitrogens is 6. The van der Waals surface area contributed by atoms with Crippen molar-refractivity contribution in [1.29, 1.82) is 0 Å². The lowest BCUT2D eigenvalue weighted by atomic mass is 9.88. The fourth-order valence-electron chi connectivity index (χ4n) is 5.35. The maximum Gasteiger partial charge on any atom is 0.227 e. The van der Waals surface area contributed by atoms with Gasteiger partial charge in [-0.25, -0.2) is 14.4 Å². The third kappa shape index (κ3) is 4.36. The molecule has 0 spiro atoms. The normalized spacial score (nSPS) is 14.3. The Morgan fingerprint density at radius 1 is 1.08 bits per heavy atom. The van der Waals surface area contributed by atoms with Crippen molar-refractivity contribution in [1.82, 2.24) is 30.1 Å². The van der Waals surface area contributed by atoms with Gasteiger partial charge < -0.3 is 10.3 Å². The molecule has 0 atom stereocenters. The number of nitrogens with zero attached hydrogens (tertiary/aromatic N) is 4. The van der Waals surface area contributed by atoms with Gasteiger partial charge in [0.2, 0.25) is 5.91 Å². The SMILES string of the molecule is O=C(Nc1cncc(-c2cc(F)c3[nH]nc(-c4nc5c(-c6cccs6)ccnc5[nH]4)c3c2)c1)C1CCCCC1. The molecule has 10 heteroatoms.